The molecule has 2 atom stereocenters. The van der Waals surface area contributed by atoms with Gasteiger partial charge in [0, 0.05) is 32.2 Å². The summed E-state index contributed by atoms with van der Waals surface area (Å²) in [5, 5.41) is 14.1. The van der Waals surface area contributed by atoms with E-state index >= 15 is 0 Å². The molecule has 10 nitrogen and oxygen atoms in total. The number of aromatic nitrogens is 4. The highest BCUT2D eigenvalue weighted by Crippen LogP contribution is 2.33. The van der Waals surface area contributed by atoms with Gasteiger partial charge in [-0.2, -0.15) is 5.10 Å². The Labute approximate surface area is 179 Å². The van der Waals surface area contributed by atoms with Gasteiger partial charge in [-0.3, -0.25) is 14.7 Å². The maximum atomic E-state index is 13.4. The number of nitrogens with zero attached hydrogens (tertiary/aromatic N) is 4. The van der Waals surface area contributed by atoms with Gasteiger partial charge >= 0.3 is 0 Å². The van der Waals surface area contributed by atoms with E-state index < -0.39 is 6.04 Å². The number of ether oxygens (including phenoxy) is 1. The highest BCUT2D eigenvalue weighted by Gasteiger charge is 2.40. The van der Waals surface area contributed by atoms with Crippen LogP contribution in [0.3, 0.4) is 0 Å². The normalized spacial score (nSPS) is 18.4. The fourth-order valence-corrected chi connectivity index (χ4v) is 3.86. The van der Waals surface area contributed by atoms with Gasteiger partial charge in [0.25, 0.3) is 5.91 Å². The molecule has 3 aromatic rings. The number of H-pyrrole nitrogens is 1. The van der Waals surface area contributed by atoms with Crippen molar-refractivity contribution in [1.29, 1.82) is 0 Å². The van der Waals surface area contributed by atoms with Gasteiger partial charge in [0.15, 0.2) is 11.5 Å². The topological polar surface area (TPSA) is 126 Å². The summed E-state index contributed by atoms with van der Waals surface area (Å²) in [5.74, 6) is 1.17. The van der Waals surface area contributed by atoms with Crippen LogP contribution in [-0.2, 0) is 16.1 Å². The van der Waals surface area contributed by atoms with Crippen molar-refractivity contribution >= 4 is 11.8 Å². The van der Waals surface area contributed by atoms with E-state index in [1.165, 1.54) is 6.92 Å². The van der Waals surface area contributed by atoms with Crippen LogP contribution in [0.1, 0.15) is 47.0 Å². The molecular formula is C21H24N6O4. The van der Waals surface area contributed by atoms with Crippen molar-refractivity contribution in [2.24, 2.45) is 0 Å². The molecule has 162 valence electrons. The van der Waals surface area contributed by atoms with Crippen LogP contribution in [0.5, 0.6) is 0 Å². The Morgan fingerprint density at radius 1 is 1.32 bits per heavy atom. The Kier molecular flexibility index (Phi) is 5.81. The molecule has 0 radical (unpaired) electrons. The number of aromatic amines is 1. The summed E-state index contributed by atoms with van der Waals surface area (Å²) >= 11 is 0. The molecule has 4 rings (SSSR count). The van der Waals surface area contributed by atoms with Gasteiger partial charge in [-0.05, 0) is 13.3 Å². The number of rotatable bonds is 6. The molecule has 0 saturated carbocycles. The van der Waals surface area contributed by atoms with Gasteiger partial charge in [0.2, 0.25) is 5.91 Å². The molecular weight excluding hydrogens is 400 g/mol. The number of carbonyl (C=O) groups excluding carboxylic acids is 2. The third-order valence-electron chi connectivity index (χ3n) is 5.30. The zero-order valence-electron chi connectivity index (χ0n) is 17.6. The number of aryl methyl sites for hydroxylation is 1. The average molecular weight is 424 g/mol. The zero-order valence-corrected chi connectivity index (χ0v) is 17.6. The monoisotopic (exact) mass is 424 g/mol. The van der Waals surface area contributed by atoms with Gasteiger partial charge in [-0.25, -0.2) is 4.98 Å². The minimum atomic E-state index is -0.401. The Morgan fingerprint density at radius 3 is 2.81 bits per heavy atom. The molecule has 3 heterocycles. The fourth-order valence-electron chi connectivity index (χ4n) is 3.86. The van der Waals surface area contributed by atoms with Gasteiger partial charge < -0.3 is 19.5 Å². The lowest BCUT2D eigenvalue weighted by molar-refractivity contribution is -0.119. The van der Waals surface area contributed by atoms with E-state index in [0.29, 0.717) is 35.9 Å². The molecule has 2 N–H and O–H groups in total. The van der Waals surface area contributed by atoms with Crippen LogP contribution in [0.25, 0.3) is 11.4 Å². The predicted octanol–water partition coefficient (Wildman–Crippen LogP) is 2.01. The quantitative estimate of drug-likeness (QED) is 0.620. The van der Waals surface area contributed by atoms with Gasteiger partial charge in [-0.1, -0.05) is 35.5 Å². The van der Waals surface area contributed by atoms with Crippen LogP contribution in [0.15, 0.2) is 34.9 Å². The number of carbonyl (C=O) groups is 2. The third-order valence-corrected chi connectivity index (χ3v) is 5.30. The first kappa shape index (κ1) is 20.7. The number of amides is 2. The molecule has 1 aliphatic heterocycles. The first-order valence-electron chi connectivity index (χ1n) is 9.97. The van der Waals surface area contributed by atoms with Crippen molar-refractivity contribution < 1.29 is 18.8 Å². The Balaban J connectivity index is 1.65. The summed E-state index contributed by atoms with van der Waals surface area (Å²) in [6.45, 7) is 3.73. The second-order valence-corrected chi connectivity index (χ2v) is 7.52. The van der Waals surface area contributed by atoms with E-state index in [0.717, 1.165) is 5.56 Å². The summed E-state index contributed by atoms with van der Waals surface area (Å²) in [4.78, 5) is 31.3. The van der Waals surface area contributed by atoms with Crippen molar-refractivity contribution in [2.75, 3.05) is 13.7 Å². The molecule has 2 aromatic heterocycles. The lowest BCUT2D eigenvalue weighted by Gasteiger charge is -2.22. The van der Waals surface area contributed by atoms with Gasteiger partial charge in [-0.15, -0.1) is 0 Å². The number of methoxy groups -OCH3 is 1. The third kappa shape index (κ3) is 4.19. The van der Waals surface area contributed by atoms with Crippen LogP contribution in [0.4, 0.5) is 0 Å². The number of likely N-dealkylation sites (tertiary alicyclic amines) is 1. The maximum absolute atomic E-state index is 13.4. The van der Waals surface area contributed by atoms with Crippen LogP contribution in [-0.4, -0.2) is 56.7 Å². The minimum absolute atomic E-state index is 0.155. The van der Waals surface area contributed by atoms with E-state index in [2.05, 4.69) is 25.7 Å². The van der Waals surface area contributed by atoms with Crippen LogP contribution in [0, 0.1) is 6.92 Å². The molecule has 1 fully saturated rings. The molecule has 1 aliphatic rings. The molecule has 1 aromatic carbocycles. The molecule has 2 amide bonds. The Morgan fingerprint density at radius 2 is 2.10 bits per heavy atom. The van der Waals surface area contributed by atoms with Crippen LogP contribution in [0.2, 0.25) is 0 Å². The summed E-state index contributed by atoms with van der Waals surface area (Å²) in [6, 6.07) is 8.96. The lowest BCUT2D eigenvalue weighted by atomic mass is 10.1. The Hall–Kier alpha value is -3.53. The van der Waals surface area contributed by atoms with Gasteiger partial charge in [0.1, 0.15) is 11.6 Å². The number of nitrogens with one attached hydrogen (secondary N) is 2. The minimum Gasteiger partial charge on any atom is -0.380 e. The number of hydrogen-bond acceptors (Lipinski definition) is 7. The first-order chi connectivity index (χ1) is 15.0. The highest BCUT2D eigenvalue weighted by atomic mass is 16.5. The van der Waals surface area contributed by atoms with Crippen molar-refractivity contribution in [2.45, 2.75) is 39.0 Å². The molecule has 0 bridgehead atoms. The molecule has 0 aliphatic carbocycles. The van der Waals surface area contributed by atoms with E-state index in [1.54, 1.807) is 18.9 Å². The summed E-state index contributed by atoms with van der Waals surface area (Å²) in [5.41, 5.74) is 1.68. The van der Waals surface area contributed by atoms with E-state index in [-0.39, 0.29) is 30.2 Å². The van der Waals surface area contributed by atoms with Crippen molar-refractivity contribution in [3.63, 3.8) is 0 Å². The van der Waals surface area contributed by atoms with E-state index in [1.807, 2.05) is 30.3 Å². The summed E-state index contributed by atoms with van der Waals surface area (Å²) in [6.07, 6.45) is 0.505. The molecule has 10 heteroatoms. The molecule has 1 saturated heterocycles. The second kappa shape index (κ2) is 8.68. The second-order valence-electron chi connectivity index (χ2n) is 7.52. The van der Waals surface area contributed by atoms with E-state index in [4.69, 9.17) is 9.26 Å². The smallest absolute Gasteiger partial charge is 0.277 e. The fraction of sp³-hybridized carbons (Fsp3) is 0.381. The van der Waals surface area contributed by atoms with Gasteiger partial charge in [0.05, 0.1) is 18.2 Å². The summed E-state index contributed by atoms with van der Waals surface area (Å²) < 4.78 is 10.4. The average Bonchev–Trinajstić information content (AvgIpc) is 3.47. The SMILES string of the molecule is COCc1c(C(=O)N2C[C@@H](NC(C)=O)C[C@H]2c2nc(-c3ccccc3)n[nH]2)noc1C. The predicted molar refractivity (Wildman–Crippen MR) is 110 cm³/mol. The van der Waals surface area contributed by atoms with Crippen LogP contribution >= 0.6 is 0 Å². The zero-order chi connectivity index (χ0) is 22.0. The Bertz CT molecular complexity index is 1080. The molecule has 31 heavy (non-hydrogen) atoms. The lowest BCUT2D eigenvalue weighted by Crippen LogP contribution is -2.38. The maximum Gasteiger partial charge on any atom is 0.277 e. The highest BCUT2D eigenvalue weighted by molar-refractivity contribution is 5.94. The molecule has 0 spiro atoms. The van der Waals surface area contributed by atoms with Crippen molar-refractivity contribution in [1.82, 2.24) is 30.6 Å². The number of benzene rings is 1. The standard InChI is InChI=1S/C21H24N6O4/c1-12-16(11-30-3)18(26-31-12)21(29)27-10-15(22-13(2)28)9-17(27)20-23-19(24-25-20)14-7-5-4-6-8-14/h4-8,15,17H,9-11H2,1-3H3,(H,22,28)(H,23,24,25)/t15-,17-/m0/s1. The number of hydrogen-bond donors (Lipinski definition) is 2. The first-order valence-corrected chi connectivity index (χ1v) is 9.97. The summed E-state index contributed by atoms with van der Waals surface area (Å²) in [7, 11) is 1.55. The van der Waals surface area contributed by atoms with Crippen molar-refractivity contribution in [3.05, 3.63) is 53.2 Å². The van der Waals surface area contributed by atoms with Crippen LogP contribution < -0.4 is 5.32 Å². The van der Waals surface area contributed by atoms with E-state index in [9.17, 15) is 9.59 Å². The van der Waals surface area contributed by atoms with Crippen molar-refractivity contribution in [3.8, 4) is 11.4 Å². The molecule has 0 unspecified atom stereocenters. The largest absolute Gasteiger partial charge is 0.380 e.